The van der Waals surface area contributed by atoms with Gasteiger partial charge in [0.2, 0.25) is 6.79 Å². The van der Waals surface area contributed by atoms with Crippen molar-refractivity contribution in [3.63, 3.8) is 0 Å². The van der Waals surface area contributed by atoms with Crippen LogP contribution < -0.4 is 29.6 Å². The molecule has 1 heterocycles. The monoisotopic (exact) mass is 464 g/mol. The van der Waals surface area contributed by atoms with Crippen LogP contribution in [0.2, 0.25) is 0 Å². The molecule has 1 aliphatic rings. The summed E-state index contributed by atoms with van der Waals surface area (Å²) in [5.41, 5.74) is 1.05. The van der Waals surface area contributed by atoms with Crippen molar-refractivity contribution in [1.29, 1.82) is 0 Å². The summed E-state index contributed by atoms with van der Waals surface area (Å²) in [7, 11) is 1.55. The van der Waals surface area contributed by atoms with E-state index in [2.05, 4.69) is 10.6 Å². The first-order valence-electron chi connectivity index (χ1n) is 10.6. The molecule has 0 fully saturated rings. The molecule has 0 aromatic heterocycles. The molecule has 4 rings (SSSR count). The number of aliphatic hydroxyl groups is 1. The molecule has 0 bridgehead atoms. The molecule has 176 valence electrons. The maximum absolute atomic E-state index is 12.7. The van der Waals surface area contributed by atoms with E-state index in [0.717, 1.165) is 0 Å². The number of rotatable bonds is 9. The maximum Gasteiger partial charge on any atom is 0.255 e. The smallest absolute Gasteiger partial charge is 0.255 e. The molecule has 9 nitrogen and oxygen atoms in total. The zero-order valence-corrected chi connectivity index (χ0v) is 18.4. The number of para-hydroxylation sites is 1. The van der Waals surface area contributed by atoms with Crippen molar-refractivity contribution in [1.82, 2.24) is 5.32 Å². The number of ether oxygens (including phenoxy) is 4. The molecule has 2 amide bonds. The average molecular weight is 464 g/mol. The quantitative estimate of drug-likeness (QED) is 0.446. The molecule has 0 aliphatic carbocycles. The number of carbonyl (C=O) groups excluding carboxylic acids is 2. The fourth-order valence-electron chi connectivity index (χ4n) is 3.25. The highest BCUT2D eigenvalue weighted by Crippen LogP contribution is 2.35. The highest BCUT2D eigenvalue weighted by molar-refractivity contribution is 6.09. The molecule has 9 heteroatoms. The van der Waals surface area contributed by atoms with Gasteiger partial charge in [0.1, 0.15) is 24.2 Å². The Morgan fingerprint density at radius 3 is 2.50 bits per heavy atom. The molecule has 3 aromatic carbocycles. The van der Waals surface area contributed by atoms with Gasteiger partial charge in [0.25, 0.3) is 11.8 Å². The van der Waals surface area contributed by atoms with E-state index >= 15 is 0 Å². The number of anilines is 1. The fraction of sp³-hybridized carbons (Fsp3) is 0.200. The lowest BCUT2D eigenvalue weighted by Crippen LogP contribution is -2.35. The fourth-order valence-corrected chi connectivity index (χ4v) is 3.25. The number of nitrogens with one attached hydrogen (secondary N) is 2. The van der Waals surface area contributed by atoms with Gasteiger partial charge in [-0.1, -0.05) is 12.1 Å². The second-order valence-electron chi connectivity index (χ2n) is 7.42. The molecular formula is C25H24N2O7. The Balaban J connectivity index is 1.31. The Morgan fingerprint density at radius 1 is 0.971 bits per heavy atom. The van der Waals surface area contributed by atoms with E-state index in [0.29, 0.717) is 34.2 Å². The van der Waals surface area contributed by atoms with Gasteiger partial charge in [0.05, 0.1) is 18.4 Å². The normalized spacial score (nSPS) is 12.5. The van der Waals surface area contributed by atoms with E-state index in [-0.39, 0.29) is 31.4 Å². The van der Waals surface area contributed by atoms with Crippen LogP contribution in [0.25, 0.3) is 0 Å². The highest BCUT2D eigenvalue weighted by atomic mass is 16.7. The molecular weight excluding hydrogens is 440 g/mol. The third-order valence-corrected chi connectivity index (χ3v) is 5.06. The number of fused-ring (bicyclic) bond motifs is 1. The maximum atomic E-state index is 12.7. The van der Waals surface area contributed by atoms with E-state index in [1.807, 2.05) is 0 Å². The van der Waals surface area contributed by atoms with Gasteiger partial charge in [0, 0.05) is 18.2 Å². The third kappa shape index (κ3) is 5.57. The molecule has 3 aromatic rings. The number of hydrogen-bond acceptors (Lipinski definition) is 7. The van der Waals surface area contributed by atoms with Gasteiger partial charge in [-0.3, -0.25) is 9.59 Å². The van der Waals surface area contributed by atoms with Crippen molar-refractivity contribution in [2.75, 3.05) is 32.4 Å². The van der Waals surface area contributed by atoms with Crippen molar-refractivity contribution in [3.05, 3.63) is 77.9 Å². The summed E-state index contributed by atoms with van der Waals surface area (Å²) < 4.78 is 21.2. The standard InChI is InChI=1S/C25H24N2O7/c1-31-18-8-6-16(7-9-18)24(29)27-21-5-3-2-4-20(21)25(30)26-13-17(28)14-32-19-10-11-22-23(12-19)34-15-33-22/h2-12,17,28H,13-15H2,1H3,(H,26,30)(H,27,29). The first kappa shape index (κ1) is 22.9. The molecule has 0 spiro atoms. The van der Waals surface area contributed by atoms with Crippen molar-refractivity contribution in [2.45, 2.75) is 6.10 Å². The summed E-state index contributed by atoms with van der Waals surface area (Å²) in [6.07, 6.45) is -0.949. The van der Waals surface area contributed by atoms with Crippen molar-refractivity contribution in [2.24, 2.45) is 0 Å². The third-order valence-electron chi connectivity index (χ3n) is 5.06. The summed E-state index contributed by atoms with van der Waals surface area (Å²) in [6.45, 7) is 0.0926. The second-order valence-corrected chi connectivity index (χ2v) is 7.42. The molecule has 1 atom stereocenters. The molecule has 0 radical (unpaired) electrons. The molecule has 0 saturated heterocycles. The minimum Gasteiger partial charge on any atom is -0.497 e. The van der Waals surface area contributed by atoms with Crippen molar-refractivity contribution >= 4 is 17.5 Å². The predicted octanol–water partition coefficient (Wildman–Crippen LogP) is 2.85. The van der Waals surface area contributed by atoms with Gasteiger partial charge < -0.3 is 34.7 Å². The number of amides is 2. The minimum atomic E-state index is -0.949. The Bertz CT molecular complexity index is 1160. The second kappa shape index (κ2) is 10.6. The molecule has 3 N–H and O–H groups in total. The Labute approximate surface area is 196 Å². The zero-order valence-electron chi connectivity index (χ0n) is 18.4. The average Bonchev–Trinajstić information content (AvgIpc) is 3.34. The van der Waals surface area contributed by atoms with Gasteiger partial charge in [-0.2, -0.15) is 0 Å². The summed E-state index contributed by atoms with van der Waals surface area (Å²) in [6, 6.07) is 18.4. The number of carbonyl (C=O) groups is 2. The van der Waals surface area contributed by atoms with Gasteiger partial charge in [0.15, 0.2) is 11.5 Å². The number of methoxy groups -OCH3 is 1. The van der Waals surface area contributed by atoms with E-state index in [1.54, 1.807) is 73.8 Å². The summed E-state index contributed by atoms with van der Waals surface area (Å²) >= 11 is 0. The zero-order chi connectivity index (χ0) is 23.9. The SMILES string of the molecule is COc1ccc(C(=O)Nc2ccccc2C(=O)NCC(O)COc2ccc3c(c2)OCO3)cc1. The van der Waals surface area contributed by atoms with Gasteiger partial charge in [-0.05, 0) is 48.5 Å². The summed E-state index contributed by atoms with van der Waals surface area (Å²) in [4.78, 5) is 25.3. The van der Waals surface area contributed by atoms with Gasteiger partial charge in [-0.25, -0.2) is 0 Å². The van der Waals surface area contributed by atoms with Crippen LogP contribution in [0.4, 0.5) is 5.69 Å². The number of hydrogen-bond donors (Lipinski definition) is 3. The number of benzene rings is 3. The van der Waals surface area contributed by atoms with Crippen molar-refractivity contribution in [3.8, 4) is 23.0 Å². The lowest BCUT2D eigenvalue weighted by Gasteiger charge is -2.15. The Kier molecular flexibility index (Phi) is 7.14. The van der Waals surface area contributed by atoms with Crippen molar-refractivity contribution < 1.29 is 33.6 Å². The highest BCUT2D eigenvalue weighted by Gasteiger charge is 2.17. The van der Waals surface area contributed by atoms with Crippen LogP contribution in [-0.2, 0) is 0 Å². The lowest BCUT2D eigenvalue weighted by atomic mass is 10.1. The lowest BCUT2D eigenvalue weighted by molar-refractivity contribution is 0.0844. The number of aliphatic hydroxyl groups excluding tert-OH is 1. The Hall–Kier alpha value is -4.24. The van der Waals surface area contributed by atoms with E-state index in [1.165, 1.54) is 0 Å². The molecule has 34 heavy (non-hydrogen) atoms. The minimum absolute atomic E-state index is 0.0320. The van der Waals surface area contributed by atoms with Crippen LogP contribution in [0.15, 0.2) is 66.7 Å². The van der Waals surface area contributed by atoms with Crippen LogP contribution >= 0.6 is 0 Å². The van der Waals surface area contributed by atoms with Crippen LogP contribution in [0, 0.1) is 0 Å². The van der Waals surface area contributed by atoms with Gasteiger partial charge >= 0.3 is 0 Å². The van der Waals surface area contributed by atoms with Crippen LogP contribution in [0.5, 0.6) is 23.0 Å². The van der Waals surface area contributed by atoms with Crippen LogP contribution in [0.1, 0.15) is 20.7 Å². The first-order valence-corrected chi connectivity index (χ1v) is 10.6. The molecule has 0 saturated carbocycles. The largest absolute Gasteiger partial charge is 0.497 e. The van der Waals surface area contributed by atoms with E-state index < -0.39 is 12.0 Å². The first-order chi connectivity index (χ1) is 16.5. The molecule has 1 aliphatic heterocycles. The summed E-state index contributed by atoms with van der Waals surface area (Å²) in [5.74, 6) is 1.57. The predicted molar refractivity (Wildman–Crippen MR) is 124 cm³/mol. The van der Waals surface area contributed by atoms with E-state index in [9.17, 15) is 14.7 Å². The Morgan fingerprint density at radius 2 is 1.71 bits per heavy atom. The van der Waals surface area contributed by atoms with Gasteiger partial charge in [-0.15, -0.1) is 0 Å². The van der Waals surface area contributed by atoms with Crippen LogP contribution in [-0.4, -0.2) is 50.1 Å². The topological polar surface area (TPSA) is 115 Å². The summed E-state index contributed by atoms with van der Waals surface area (Å²) in [5, 5.41) is 15.6. The molecule has 1 unspecified atom stereocenters. The van der Waals surface area contributed by atoms with E-state index in [4.69, 9.17) is 18.9 Å². The van der Waals surface area contributed by atoms with Crippen LogP contribution in [0.3, 0.4) is 0 Å².